The molecule has 1 saturated carbocycles. The lowest BCUT2D eigenvalue weighted by atomic mass is 9.93. The van der Waals surface area contributed by atoms with Crippen molar-refractivity contribution in [1.82, 2.24) is 14.8 Å². The van der Waals surface area contributed by atoms with Crippen LogP contribution in [0.5, 0.6) is 0 Å². The van der Waals surface area contributed by atoms with E-state index in [0.29, 0.717) is 24.4 Å². The number of carbonyl (C=O) groups excluding carboxylic acids is 2. The van der Waals surface area contributed by atoms with E-state index in [2.05, 4.69) is 12.2 Å². The van der Waals surface area contributed by atoms with Gasteiger partial charge in [0.25, 0.3) is 5.91 Å². The minimum Gasteiger partial charge on any atom is -0.463 e. The molecule has 1 N–H and O–H groups in total. The molecule has 0 bridgehead atoms. The molecule has 0 radical (unpaired) electrons. The molecule has 0 spiro atoms. The van der Waals surface area contributed by atoms with Crippen LogP contribution in [0.1, 0.15) is 75.7 Å². The highest BCUT2D eigenvalue weighted by Gasteiger charge is 2.48. The quantitative estimate of drug-likeness (QED) is 0.467. The summed E-state index contributed by atoms with van der Waals surface area (Å²) in [6, 6.07) is 3.91. The minimum absolute atomic E-state index is 0.0232. The third-order valence-corrected chi connectivity index (χ3v) is 8.02. The number of hydrogen-bond donors (Lipinski definition) is 1. The van der Waals surface area contributed by atoms with E-state index in [1.54, 1.807) is 6.26 Å². The van der Waals surface area contributed by atoms with E-state index in [9.17, 15) is 9.59 Å². The highest BCUT2D eigenvalue weighted by atomic mass is 32.2. The van der Waals surface area contributed by atoms with E-state index in [1.807, 2.05) is 40.3 Å². The Morgan fingerprint density at radius 1 is 1.26 bits per heavy atom. The van der Waals surface area contributed by atoms with Crippen LogP contribution >= 0.6 is 11.8 Å². The molecule has 2 aromatic heterocycles. The summed E-state index contributed by atoms with van der Waals surface area (Å²) in [5.74, 6) is 2.04. The number of aromatic nitrogens is 1. The topological polar surface area (TPSA) is 67.5 Å². The third kappa shape index (κ3) is 4.52. The van der Waals surface area contributed by atoms with E-state index < -0.39 is 5.54 Å². The number of nitrogens with one attached hydrogen (secondary N) is 1. The summed E-state index contributed by atoms with van der Waals surface area (Å²) in [6.07, 6.45) is 10.6. The van der Waals surface area contributed by atoms with Gasteiger partial charge in [0.15, 0.2) is 5.58 Å². The lowest BCUT2D eigenvalue weighted by Gasteiger charge is -2.44. The fraction of sp³-hybridized carbons (Fsp3) is 0.667. The maximum atomic E-state index is 13.7. The standard InChI is InChI=1S/C24H35N3O3S/c1-3-14-31-15-8-12-27-22(28)20-16-21-19(11-13-30-21)26(20)17-24(27,2)23(29)25-18-9-6-4-5-7-10-18/h11,13,16,18H,3-10,12,14-15,17H2,1-2H3,(H,25,29). The van der Waals surface area contributed by atoms with Crippen LogP contribution < -0.4 is 5.32 Å². The Morgan fingerprint density at radius 3 is 2.77 bits per heavy atom. The van der Waals surface area contributed by atoms with E-state index in [1.165, 1.54) is 12.8 Å². The molecule has 1 unspecified atom stereocenters. The zero-order chi connectivity index (χ0) is 21.8. The lowest BCUT2D eigenvalue weighted by Crippen LogP contribution is -2.65. The highest BCUT2D eigenvalue weighted by molar-refractivity contribution is 7.99. The van der Waals surface area contributed by atoms with Crippen LogP contribution in [0.2, 0.25) is 0 Å². The van der Waals surface area contributed by atoms with Gasteiger partial charge in [0.2, 0.25) is 5.91 Å². The van der Waals surface area contributed by atoms with Crippen LogP contribution in [0.25, 0.3) is 11.1 Å². The maximum Gasteiger partial charge on any atom is 0.271 e. The maximum absolute atomic E-state index is 13.7. The monoisotopic (exact) mass is 445 g/mol. The number of carbonyl (C=O) groups is 2. The van der Waals surface area contributed by atoms with Crippen molar-refractivity contribution >= 4 is 34.7 Å². The predicted octanol–water partition coefficient (Wildman–Crippen LogP) is 4.82. The smallest absolute Gasteiger partial charge is 0.271 e. The first kappa shape index (κ1) is 22.3. The molecule has 7 heteroatoms. The number of furan rings is 1. The molecule has 2 amide bonds. The zero-order valence-electron chi connectivity index (χ0n) is 18.8. The number of amides is 2. The van der Waals surface area contributed by atoms with Gasteiger partial charge in [-0.05, 0) is 44.1 Å². The normalized spacial score (nSPS) is 22.5. The highest BCUT2D eigenvalue weighted by Crippen LogP contribution is 2.33. The van der Waals surface area contributed by atoms with Gasteiger partial charge in [-0.3, -0.25) is 9.59 Å². The minimum atomic E-state index is -0.908. The Balaban J connectivity index is 1.58. The summed E-state index contributed by atoms with van der Waals surface area (Å²) in [6.45, 7) is 5.17. The van der Waals surface area contributed by atoms with Crippen molar-refractivity contribution < 1.29 is 14.0 Å². The average molecular weight is 446 g/mol. The van der Waals surface area contributed by atoms with Gasteiger partial charge in [-0.25, -0.2) is 0 Å². The van der Waals surface area contributed by atoms with Crippen molar-refractivity contribution in [2.24, 2.45) is 0 Å². The van der Waals surface area contributed by atoms with Crippen molar-refractivity contribution in [2.45, 2.75) is 83.3 Å². The molecule has 1 aliphatic carbocycles. The van der Waals surface area contributed by atoms with Crippen molar-refractivity contribution in [3.8, 4) is 0 Å². The number of rotatable bonds is 8. The van der Waals surface area contributed by atoms with Crippen LogP contribution in [-0.4, -0.2) is 50.9 Å². The van der Waals surface area contributed by atoms with Gasteiger partial charge in [0.1, 0.15) is 11.2 Å². The molecule has 2 aromatic rings. The molecule has 1 fully saturated rings. The summed E-state index contributed by atoms with van der Waals surface area (Å²) >= 11 is 1.91. The summed E-state index contributed by atoms with van der Waals surface area (Å²) in [5, 5.41) is 3.32. The average Bonchev–Trinajstić information content (AvgIpc) is 3.24. The summed E-state index contributed by atoms with van der Waals surface area (Å²) < 4.78 is 7.52. The van der Waals surface area contributed by atoms with E-state index >= 15 is 0 Å². The molecule has 3 heterocycles. The zero-order valence-corrected chi connectivity index (χ0v) is 19.6. The molecular weight excluding hydrogens is 410 g/mol. The van der Waals surface area contributed by atoms with E-state index in [0.717, 1.165) is 55.5 Å². The first-order valence-electron chi connectivity index (χ1n) is 11.8. The van der Waals surface area contributed by atoms with Crippen molar-refractivity contribution in [1.29, 1.82) is 0 Å². The fourth-order valence-electron chi connectivity index (χ4n) is 4.96. The second-order valence-corrected chi connectivity index (χ2v) is 10.4. The van der Waals surface area contributed by atoms with E-state index in [-0.39, 0.29) is 17.9 Å². The molecule has 0 saturated heterocycles. The number of hydrogen-bond acceptors (Lipinski definition) is 4. The molecule has 1 atom stereocenters. The number of fused-ring (bicyclic) bond motifs is 3. The predicted molar refractivity (Wildman–Crippen MR) is 126 cm³/mol. The Kier molecular flexibility index (Phi) is 6.99. The second-order valence-electron chi connectivity index (χ2n) is 9.14. The van der Waals surface area contributed by atoms with Crippen LogP contribution in [0.4, 0.5) is 0 Å². The van der Waals surface area contributed by atoms with Crippen molar-refractivity contribution in [3.05, 3.63) is 24.1 Å². The van der Waals surface area contributed by atoms with Gasteiger partial charge in [-0.15, -0.1) is 0 Å². The van der Waals surface area contributed by atoms with Gasteiger partial charge in [0.05, 0.1) is 18.3 Å². The summed E-state index contributed by atoms with van der Waals surface area (Å²) in [5.41, 5.74) is 1.30. The van der Waals surface area contributed by atoms with Gasteiger partial charge in [-0.1, -0.05) is 32.6 Å². The number of thioether (sulfide) groups is 1. The summed E-state index contributed by atoms with van der Waals surface area (Å²) in [4.78, 5) is 29.0. The molecule has 170 valence electrons. The molecule has 6 nitrogen and oxygen atoms in total. The molecule has 4 rings (SSSR count). The van der Waals surface area contributed by atoms with Gasteiger partial charge < -0.3 is 19.2 Å². The molecule has 0 aromatic carbocycles. The van der Waals surface area contributed by atoms with Gasteiger partial charge in [-0.2, -0.15) is 11.8 Å². The largest absolute Gasteiger partial charge is 0.463 e. The Morgan fingerprint density at radius 2 is 2.03 bits per heavy atom. The Labute approximate surface area is 189 Å². The Hall–Kier alpha value is -1.89. The molecule has 1 aliphatic heterocycles. The van der Waals surface area contributed by atoms with Crippen LogP contribution in [0, 0.1) is 0 Å². The van der Waals surface area contributed by atoms with Crippen LogP contribution in [0.15, 0.2) is 22.8 Å². The lowest BCUT2D eigenvalue weighted by molar-refractivity contribution is -0.133. The SMILES string of the molecule is CCCSCCCN1C(=O)c2cc3occc3n2CC1(C)C(=O)NC1CCCCCC1. The Bertz CT molecular complexity index is 912. The number of nitrogens with zero attached hydrogens (tertiary/aromatic N) is 2. The second kappa shape index (κ2) is 9.72. The van der Waals surface area contributed by atoms with Crippen molar-refractivity contribution in [2.75, 3.05) is 18.1 Å². The first-order chi connectivity index (χ1) is 15.0. The van der Waals surface area contributed by atoms with Crippen molar-refractivity contribution in [3.63, 3.8) is 0 Å². The van der Waals surface area contributed by atoms with Crippen LogP contribution in [0.3, 0.4) is 0 Å². The van der Waals surface area contributed by atoms with Gasteiger partial charge >= 0.3 is 0 Å². The van der Waals surface area contributed by atoms with Crippen LogP contribution in [-0.2, 0) is 11.3 Å². The van der Waals surface area contributed by atoms with Gasteiger partial charge in [0, 0.05) is 24.7 Å². The fourth-order valence-corrected chi connectivity index (χ4v) is 5.78. The van der Waals surface area contributed by atoms with E-state index in [4.69, 9.17) is 4.42 Å². The first-order valence-corrected chi connectivity index (χ1v) is 13.0. The summed E-state index contributed by atoms with van der Waals surface area (Å²) in [7, 11) is 0. The molecular formula is C24H35N3O3S. The molecule has 31 heavy (non-hydrogen) atoms. The molecule has 2 aliphatic rings. The third-order valence-electron chi connectivity index (χ3n) is 6.75.